The highest BCUT2D eigenvalue weighted by Gasteiger charge is 2.56. The minimum absolute atomic E-state index is 0.220. The van der Waals surface area contributed by atoms with Crippen molar-refractivity contribution < 1.29 is 33.3 Å². The molecule has 0 radical (unpaired) electrons. The van der Waals surface area contributed by atoms with Crippen molar-refractivity contribution in [1.29, 1.82) is 0 Å². The predicted octanol–water partition coefficient (Wildman–Crippen LogP) is 2.66. The van der Waals surface area contributed by atoms with Crippen molar-refractivity contribution in [2.75, 3.05) is 21.3 Å². The van der Waals surface area contributed by atoms with Crippen molar-refractivity contribution >= 4 is 24.0 Å². The molecule has 3 aliphatic heterocycles. The average Bonchev–Trinajstić information content (AvgIpc) is 3.11. The third kappa shape index (κ3) is 3.03. The van der Waals surface area contributed by atoms with E-state index >= 15 is 0 Å². The number of ether oxygens (including phenoxy) is 4. The van der Waals surface area contributed by atoms with E-state index in [1.807, 2.05) is 6.92 Å². The second-order valence-corrected chi connectivity index (χ2v) is 8.05. The number of methoxy groups -OCH3 is 3. The number of nitrogens with zero attached hydrogens (tertiary/aromatic N) is 2. The summed E-state index contributed by atoms with van der Waals surface area (Å²) in [5, 5.41) is 0. The van der Waals surface area contributed by atoms with Crippen molar-refractivity contribution in [3.8, 4) is 11.5 Å². The number of rotatable bonds is 4. The summed E-state index contributed by atoms with van der Waals surface area (Å²) in [7, 11) is 4.39. The van der Waals surface area contributed by atoms with Gasteiger partial charge in [0.05, 0.1) is 39.0 Å². The summed E-state index contributed by atoms with van der Waals surface area (Å²) in [5.41, 5.74) is 2.22. The lowest BCUT2D eigenvalue weighted by atomic mass is 9.88. The number of piperazine rings is 1. The van der Waals surface area contributed by atoms with Gasteiger partial charge >= 0.3 is 12.1 Å². The van der Waals surface area contributed by atoms with Crippen molar-refractivity contribution in [1.82, 2.24) is 9.80 Å². The summed E-state index contributed by atoms with van der Waals surface area (Å²) in [5.74, 6) is 0.264. The normalized spacial score (nSPS) is 23.2. The van der Waals surface area contributed by atoms with Gasteiger partial charge in [-0.1, -0.05) is 0 Å². The molecule has 4 rings (SSSR count). The fraction of sp³-hybridized carbons (Fsp3) is 0.435. The number of benzene rings is 1. The summed E-state index contributed by atoms with van der Waals surface area (Å²) < 4.78 is 21.5. The molecule has 0 saturated carbocycles. The lowest BCUT2D eigenvalue weighted by Gasteiger charge is -2.47. The van der Waals surface area contributed by atoms with E-state index in [9.17, 15) is 14.4 Å². The van der Waals surface area contributed by atoms with Crippen LogP contribution in [0.2, 0.25) is 0 Å². The van der Waals surface area contributed by atoms with Crippen LogP contribution in [0.15, 0.2) is 29.5 Å². The molecule has 9 heteroatoms. The summed E-state index contributed by atoms with van der Waals surface area (Å²) in [6.45, 7) is 5.33. The number of amides is 2. The van der Waals surface area contributed by atoms with Gasteiger partial charge in [0.25, 0.3) is 5.91 Å². The van der Waals surface area contributed by atoms with Gasteiger partial charge in [0.1, 0.15) is 23.6 Å². The predicted molar refractivity (Wildman–Crippen MR) is 114 cm³/mol. The molecule has 3 aliphatic rings. The van der Waals surface area contributed by atoms with E-state index in [1.54, 1.807) is 51.2 Å². The van der Waals surface area contributed by atoms with E-state index < -0.39 is 30.2 Å². The van der Waals surface area contributed by atoms with Crippen LogP contribution < -0.4 is 9.47 Å². The van der Waals surface area contributed by atoms with Gasteiger partial charge in [0, 0.05) is 16.8 Å². The highest BCUT2D eigenvalue weighted by molar-refractivity contribution is 6.02. The molecule has 1 aromatic carbocycles. The largest absolute Gasteiger partial charge is 0.496 e. The van der Waals surface area contributed by atoms with Crippen LogP contribution in [0.3, 0.4) is 0 Å². The molecule has 32 heavy (non-hydrogen) atoms. The third-order valence-corrected chi connectivity index (χ3v) is 5.97. The molecule has 2 amide bonds. The van der Waals surface area contributed by atoms with E-state index in [0.717, 1.165) is 11.1 Å². The van der Waals surface area contributed by atoms with Crippen LogP contribution >= 0.6 is 0 Å². The van der Waals surface area contributed by atoms with Gasteiger partial charge in [0.2, 0.25) is 0 Å². The molecule has 1 aromatic rings. The molecule has 0 unspecified atom stereocenters. The van der Waals surface area contributed by atoms with E-state index in [2.05, 4.69) is 0 Å². The lowest BCUT2D eigenvalue weighted by Crippen LogP contribution is -2.60. The van der Waals surface area contributed by atoms with Gasteiger partial charge < -0.3 is 23.8 Å². The number of hydrogen-bond acceptors (Lipinski definition) is 7. The molecule has 1 fully saturated rings. The molecule has 3 heterocycles. The second-order valence-electron chi connectivity index (χ2n) is 8.05. The Hall–Kier alpha value is -3.49. The van der Waals surface area contributed by atoms with Crippen molar-refractivity contribution in [3.63, 3.8) is 0 Å². The maximum atomic E-state index is 13.6. The summed E-state index contributed by atoms with van der Waals surface area (Å²) in [4.78, 5) is 42.1. The van der Waals surface area contributed by atoms with Crippen LogP contribution in [-0.4, -0.2) is 67.3 Å². The zero-order valence-electron chi connectivity index (χ0n) is 18.9. The molecule has 0 spiro atoms. The third-order valence-electron chi connectivity index (χ3n) is 5.97. The molecule has 3 atom stereocenters. The maximum absolute atomic E-state index is 13.6. The first-order chi connectivity index (χ1) is 15.2. The Kier molecular flexibility index (Phi) is 5.36. The van der Waals surface area contributed by atoms with Gasteiger partial charge in [-0.3, -0.25) is 9.69 Å². The van der Waals surface area contributed by atoms with Crippen LogP contribution in [0, 0.1) is 0 Å². The molecular formula is C23H26N2O7. The van der Waals surface area contributed by atoms with E-state index in [0.29, 0.717) is 17.2 Å². The monoisotopic (exact) mass is 442 g/mol. The van der Waals surface area contributed by atoms with Gasteiger partial charge in [-0.05, 0) is 45.1 Å². The first kappa shape index (κ1) is 21.7. The van der Waals surface area contributed by atoms with Crippen molar-refractivity contribution in [2.45, 2.75) is 45.0 Å². The molecule has 0 aromatic heterocycles. The molecule has 1 saturated heterocycles. The number of fused-ring (bicyclic) bond motifs is 5. The Labute approximate surface area is 186 Å². The van der Waals surface area contributed by atoms with Gasteiger partial charge in [-0.15, -0.1) is 0 Å². The number of carbonyl (C=O) groups is 3. The van der Waals surface area contributed by atoms with Crippen LogP contribution in [0.5, 0.6) is 11.5 Å². The van der Waals surface area contributed by atoms with Gasteiger partial charge in [0.15, 0.2) is 0 Å². The first-order valence-corrected chi connectivity index (χ1v) is 10.3. The van der Waals surface area contributed by atoms with Crippen LogP contribution in [0.4, 0.5) is 4.79 Å². The summed E-state index contributed by atoms with van der Waals surface area (Å²) in [6, 6.07) is 1.35. The minimum Gasteiger partial charge on any atom is -0.496 e. The van der Waals surface area contributed by atoms with E-state index in [1.165, 1.54) is 18.1 Å². The Bertz CT molecular complexity index is 1060. The fourth-order valence-corrected chi connectivity index (χ4v) is 4.70. The first-order valence-electron chi connectivity index (χ1n) is 10.3. The van der Waals surface area contributed by atoms with Crippen LogP contribution in [0.1, 0.15) is 37.9 Å². The minimum atomic E-state index is -0.974. The van der Waals surface area contributed by atoms with Crippen molar-refractivity contribution in [2.24, 2.45) is 0 Å². The highest BCUT2D eigenvalue weighted by Crippen LogP contribution is 2.49. The highest BCUT2D eigenvalue weighted by atomic mass is 16.6. The number of hydrogen-bond donors (Lipinski definition) is 0. The maximum Gasteiger partial charge on any atom is 0.411 e. The number of carbonyl (C=O) groups excluding carboxylic acids is 3. The van der Waals surface area contributed by atoms with Crippen LogP contribution in [-0.2, 0) is 19.1 Å². The zero-order chi connectivity index (χ0) is 23.3. The SMILES string of the molecule is COC(=O)C1=C[C@@H]2C(=O)N3C(=Cc4c(OC)ccc(OC)c4[C@@H]3C)[C@H]1N2C(=O)OC(C)C. The Balaban J connectivity index is 1.94. The summed E-state index contributed by atoms with van der Waals surface area (Å²) >= 11 is 0. The number of esters is 1. The molecule has 9 nitrogen and oxygen atoms in total. The molecular weight excluding hydrogens is 416 g/mol. The summed E-state index contributed by atoms with van der Waals surface area (Å²) in [6.07, 6.45) is 2.20. The van der Waals surface area contributed by atoms with Gasteiger partial charge in [-0.2, -0.15) is 0 Å². The smallest absolute Gasteiger partial charge is 0.411 e. The van der Waals surface area contributed by atoms with Crippen LogP contribution in [0.25, 0.3) is 6.08 Å². The van der Waals surface area contributed by atoms with Crippen molar-refractivity contribution in [3.05, 3.63) is 40.6 Å². The molecule has 0 aliphatic carbocycles. The molecule has 170 valence electrons. The standard InChI is InChI=1S/C23H26N2O7/c1-11(2)32-23(28)25-16-10-14(22(27)31-6)20(25)15-9-13-17(29-4)7-8-18(30-5)19(13)12(3)24(15)21(16)26/h7-12,16,20H,1-6H3/t12-,16+,20-/m0/s1. The topological polar surface area (TPSA) is 94.6 Å². The molecule has 0 N–H and O–H groups in total. The van der Waals surface area contributed by atoms with E-state index in [4.69, 9.17) is 18.9 Å². The average molecular weight is 442 g/mol. The Morgan fingerprint density at radius 3 is 2.31 bits per heavy atom. The van der Waals surface area contributed by atoms with E-state index in [-0.39, 0.29) is 17.6 Å². The lowest BCUT2D eigenvalue weighted by molar-refractivity contribution is -0.140. The molecule has 2 bridgehead atoms. The van der Waals surface area contributed by atoms with Gasteiger partial charge in [-0.25, -0.2) is 9.59 Å². The Morgan fingerprint density at radius 2 is 1.72 bits per heavy atom. The second kappa shape index (κ2) is 7.89. The fourth-order valence-electron chi connectivity index (χ4n) is 4.70. The quantitative estimate of drug-likeness (QED) is 0.662. The Morgan fingerprint density at radius 1 is 1.06 bits per heavy atom. The zero-order valence-corrected chi connectivity index (χ0v) is 18.9.